The fourth-order valence-electron chi connectivity index (χ4n) is 5.44. The second-order valence-electron chi connectivity index (χ2n) is 9.20. The van der Waals surface area contributed by atoms with Gasteiger partial charge in [-0.05, 0) is 30.6 Å². The molecule has 0 unspecified atom stereocenters. The van der Waals surface area contributed by atoms with Crippen molar-refractivity contribution in [2.75, 3.05) is 0 Å². The molecule has 0 saturated heterocycles. The minimum atomic E-state index is -1.18. The Hall–Kier alpha value is 0.391. The predicted molar refractivity (Wildman–Crippen MR) is 94.7 cm³/mol. The van der Waals surface area contributed by atoms with E-state index in [2.05, 4.69) is 66.2 Å². The predicted octanol–water partition coefficient (Wildman–Crippen LogP) is 5.93. The van der Waals surface area contributed by atoms with Crippen molar-refractivity contribution < 1.29 is 0 Å². The van der Waals surface area contributed by atoms with Crippen molar-refractivity contribution in [2.45, 2.75) is 83.0 Å². The van der Waals surface area contributed by atoms with Gasteiger partial charge in [0.15, 0.2) is 0 Å². The molecule has 1 aliphatic heterocycles. The summed E-state index contributed by atoms with van der Waals surface area (Å²) >= 11 is 0. The third-order valence-corrected chi connectivity index (χ3v) is 28.1. The Labute approximate surface area is 118 Å². The van der Waals surface area contributed by atoms with Gasteiger partial charge in [0.1, 0.15) is 0 Å². The van der Waals surface area contributed by atoms with Crippen molar-refractivity contribution in [3.8, 4) is 0 Å². The van der Waals surface area contributed by atoms with Crippen LogP contribution in [0, 0.1) is 0 Å². The molecule has 0 aliphatic carbocycles. The Kier molecular flexibility index (Phi) is 4.07. The van der Waals surface area contributed by atoms with Gasteiger partial charge >= 0.3 is 0 Å². The van der Waals surface area contributed by atoms with Gasteiger partial charge in [0, 0.05) is 16.1 Å². The number of allylic oxidation sites excluding steroid dienone is 2. The lowest BCUT2D eigenvalue weighted by atomic mass is 10.1. The van der Waals surface area contributed by atoms with Crippen molar-refractivity contribution in [1.82, 2.24) is 0 Å². The zero-order valence-electron chi connectivity index (χ0n) is 14.4. The molecule has 106 valence electrons. The summed E-state index contributed by atoms with van der Waals surface area (Å²) in [6, 6.07) is 1.45. The molecule has 0 saturated carbocycles. The van der Waals surface area contributed by atoms with Crippen molar-refractivity contribution in [3.63, 3.8) is 0 Å². The normalized spacial score (nSPS) is 24.3. The highest BCUT2D eigenvalue weighted by Crippen LogP contribution is 2.61. The molecule has 1 rings (SSSR count). The number of rotatable bonds is 2. The molecule has 0 aromatic heterocycles. The zero-order valence-corrected chi connectivity index (χ0v) is 17.4. The summed E-state index contributed by atoms with van der Waals surface area (Å²) < 4.78 is 0.761. The highest BCUT2D eigenvalue weighted by atomic mass is 28.5. The summed E-state index contributed by atoms with van der Waals surface area (Å²) in [5.41, 5.74) is 3.45. The van der Waals surface area contributed by atoms with E-state index in [9.17, 15) is 0 Å². The summed E-state index contributed by atoms with van der Waals surface area (Å²) in [5, 5.41) is 0. The summed E-state index contributed by atoms with van der Waals surface area (Å²) in [7, 11) is -3.50. The van der Waals surface area contributed by atoms with Crippen molar-refractivity contribution in [3.05, 3.63) is 11.1 Å². The second-order valence-corrected chi connectivity index (χ2v) is 26.4. The first kappa shape index (κ1) is 16.4. The van der Waals surface area contributed by atoms with Crippen LogP contribution < -0.4 is 0 Å². The molecular weight excluding hydrogens is 264 g/mol. The fourth-order valence-corrected chi connectivity index (χ4v) is 35.5. The minimum absolute atomic E-state index is 0.761. The highest BCUT2D eigenvalue weighted by molar-refractivity contribution is 7.15. The van der Waals surface area contributed by atoms with Crippen LogP contribution in [-0.2, 0) is 0 Å². The zero-order chi connectivity index (χ0) is 14.6. The van der Waals surface area contributed by atoms with Crippen LogP contribution in [0.25, 0.3) is 0 Å². The first-order valence-electron chi connectivity index (χ1n) is 7.41. The molecule has 0 aromatic carbocycles. The van der Waals surface area contributed by atoms with E-state index in [4.69, 9.17) is 0 Å². The Morgan fingerprint density at radius 2 is 1.22 bits per heavy atom. The molecule has 0 amide bonds. The van der Waals surface area contributed by atoms with Crippen LogP contribution in [0.2, 0.25) is 62.7 Å². The van der Waals surface area contributed by atoms with Crippen LogP contribution in [0.4, 0.5) is 0 Å². The van der Waals surface area contributed by atoms with Gasteiger partial charge in [-0.15, -0.1) is 0 Å². The average Bonchev–Trinajstić information content (AvgIpc) is 2.05. The van der Waals surface area contributed by atoms with Crippen molar-refractivity contribution in [2.24, 2.45) is 0 Å². The van der Waals surface area contributed by atoms with Gasteiger partial charge in [-0.25, -0.2) is 0 Å². The van der Waals surface area contributed by atoms with Gasteiger partial charge < -0.3 is 0 Å². The molecule has 0 nitrogen and oxygen atoms in total. The van der Waals surface area contributed by atoms with Gasteiger partial charge in [-0.3, -0.25) is 0 Å². The monoisotopic (exact) mass is 298 g/mol. The smallest absolute Gasteiger partial charge is 0.0526 e. The molecule has 0 spiro atoms. The molecule has 1 aliphatic rings. The molecule has 3 heteroatoms. The SMILES string of the molecule is CC1=C(C)C[Si](C)(C)C([Si](C)(C)C)([Si](C)(C)C)C1. The molecule has 0 fully saturated rings. The topological polar surface area (TPSA) is 0 Å². The molecule has 0 bridgehead atoms. The van der Waals surface area contributed by atoms with E-state index in [-0.39, 0.29) is 0 Å². The van der Waals surface area contributed by atoms with Crippen LogP contribution >= 0.6 is 0 Å². The van der Waals surface area contributed by atoms with Crippen LogP contribution in [0.3, 0.4) is 0 Å². The lowest BCUT2D eigenvalue weighted by molar-refractivity contribution is 0.814. The van der Waals surface area contributed by atoms with Gasteiger partial charge in [-0.1, -0.05) is 63.5 Å². The van der Waals surface area contributed by atoms with E-state index in [1.54, 1.807) is 11.1 Å². The minimum Gasteiger partial charge on any atom is -0.0771 e. The third-order valence-electron chi connectivity index (χ3n) is 5.68. The maximum atomic E-state index is 2.69. The van der Waals surface area contributed by atoms with Crippen LogP contribution in [0.15, 0.2) is 11.1 Å². The van der Waals surface area contributed by atoms with E-state index in [1.165, 1.54) is 12.5 Å². The van der Waals surface area contributed by atoms with Gasteiger partial charge in [0.2, 0.25) is 0 Å². The largest absolute Gasteiger partial charge is 0.0771 e. The average molecular weight is 299 g/mol. The van der Waals surface area contributed by atoms with E-state index >= 15 is 0 Å². The van der Waals surface area contributed by atoms with Gasteiger partial charge in [0.05, 0.1) is 8.07 Å². The number of hydrogen-bond donors (Lipinski definition) is 0. The molecule has 1 heterocycles. The summed E-state index contributed by atoms with van der Waals surface area (Å²) in [5.74, 6) is 0. The quantitative estimate of drug-likeness (QED) is 0.438. The Morgan fingerprint density at radius 1 is 0.833 bits per heavy atom. The molecule has 0 atom stereocenters. The van der Waals surface area contributed by atoms with Crippen LogP contribution in [-0.4, -0.2) is 24.2 Å². The first-order valence-corrected chi connectivity index (χ1v) is 17.6. The molecule has 0 radical (unpaired) electrons. The van der Waals surface area contributed by atoms with Crippen molar-refractivity contribution in [1.29, 1.82) is 0 Å². The summed E-state index contributed by atoms with van der Waals surface area (Å²) in [6.45, 7) is 26.1. The van der Waals surface area contributed by atoms with E-state index in [0.29, 0.717) is 0 Å². The molecular formula is C15H34Si3. The fraction of sp³-hybridized carbons (Fsp3) is 0.867. The van der Waals surface area contributed by atoms with Gasteiger partial charge in [0.25, 0.3) is 0 Å². The van der Waals surface area contributed by atoms with Crippen LogP contribution in [0.5, 0.6) is 0 Å². The molecule has 0 aromatic rings. The summed E-state index contributed by atoms with van der Waals surface area (Å²) in [6.07, 6.45) is 1.43. The van der Waals surface area contributed by atoms with E-state index in [1.807, 2.05) is 0 Å². The third kappa shape index (κ3) is 2.27. The Balaban J connectivity index is 3.55. The molecule has 0 N–H and O–H groups in total. The lowest BCUT2D eigenvalue weighted by Gasteiger charge is -2.62. The highest BCUT2D eigenvalue weighted by Gasteiger charge is 2.62. The lowest BCUT2D eigenvalue weighted by Crippen LogP contribution is -2.67. The van der Waals surface area contributed by atoms with Crippen LogP contribution in [0.1, 0.15) is 20.3 Å². The maximum absolute atomic E-state index is 2.69. The maximum Gasteiger partial charge on any atom is 0.0526 e. The molecule has 18 heavy (non-hydrogen) atoms. The standard InChI is InChI=1S/C15H34Si3/c1-13-11-15(16(3,4)5,17(6,7)8)18(9,10)12-14(13)2/h11-12H2,1-10H3. The Morgan fingerprint density at radius 3 is 1.56 bits per heavy atom. The summed E-state index contributed by atoms with van der Waals surface area (Å²) in [4.78, 5) is 0. The van der Waals surface area contributed by atoms with E-state index < -0.39 is 24.2 Å². The first-order chi connectivity index (χ1) is 7.76. The number of hydrogen-bond acceptors (Lipinski definition) is 0. The Bertz CT molecular complexity index is 350. The second kappa shape index (κ2) is 4.45. The van der Waals surface area contributed by atoms with Gasteiger partial charge in [-0.2, -0.15) is 0 Å². The van der Waals surface area contributed by atoms with E-state index in [0.717, 1.165) is 4.28 Å². The van der Waals surface area contributed by atoms with Crippen molar-refractivity contribution >= 4 is 24.2 Å².